The lowest BCUT2D eigenvalue weighted by Crippen LogP contribution is -2.30. The molecule has 1 aliphatic rings. The third-order valence-corrected chi connectivity index (χ3v) is 2.70. The van der Waals surface area contributed by atoms with E-state index in [1.54, 1.807) is 6.20 Å². The van der Waals surface area contributed by atoms with Crippen LogP contribution in [0, 0.1) is 12.8 Å². The van der Waals surface area contributed by atoms with Crippen LogP contribution in [0.15, 0.2) is 18.3 Å². The summed E-state index contributed by atoms with van der Waals surface area (Å²) in [6.45, 7) is 7.27. The molecule has 1 aromatic heterocycles. The average Bonchev–Trinajstić information content (AvgIpc) is 2.42. The fourth-order valence-corrected chi connectivity index (χ4v) is 1.78. The van der Waals surface area contributed by atoms with Crippen molar-refractivity contribution in [2.75, 3.05) is 18.5 Å². The molecule has 2 rings (SSSR count). The van der Waals surface area contributed by atoms with Gasteiger partial charge >= 0.3 is 0 Å². The zero-order valence-corrected chi connectivity index (χ0v) is 11.4. The van der Waals surface area contributed by atoms with E-state index in [0.717, 1.165) is 25.0 Å². The molecule has 0 saturated carbocycles. The van der Waals surface area contributed by atoms with Crippen LogP contribution in [0.1, 0.15) is 32.3 Å². The third-order valence-electron chi connectivity index (χ3n) is 2.70. The molecule has 1 atom stereocenters. The Hall–Kier alpha value is -1.42. The number of nitrogens with zero attached hydrogens (tertiary/aromatic N) is 1. The number of pyridine rings is 1. The summed E-state index contributed by atoms with van der Waals surface area (Å²) in [5, 5.41) is 2.82. The second kappa shape index (κ2) is 7.82. The van der Waals surface area contributed by atoms with Crippen molar-refractivity contribution in [1.29, 1.82) is 0 Å². The molecule has 4 nitrogen and oxygen atoms in total. The van der Waals surface area contributed by atoms with Crippen molar-refractivity contribution in [1.82, 2.24) is 4.98 Å². The number of amides is 1. The fourth-order valence-electron chi connectivity index (χ4n) is 1.78. The zero-order valence-electron chi connectivity index (χ0n) is 11.4. The lowest BCUT2D eigenvalue weighted by molar-refractivity contribution is -0.123. The van der Waals surface area contributed by atoms with Gasteiger partial charge in [0.2, 0.25) is 5.91 Å². The van der Waals surface area contributed by atoms with E-state index < -0.39 is 0 Å². The number of carbonyl (C=O) groups is 1. The fraction of sp³-hybridized carbons (Fsp3) is 0.571. The summed E-state index contributed by atoms with van der Waals surface area (Å²) in [7, 11) is 0. The predicted octanol–water partition coefficient (Wildman–Crippen LogP) is 2.78. The van der Waals surface area contributed by atoms with Crippen LogP contribution in [0.5, 0.6) is 0 Å². The minimum atomic E-state index is -0.0314. The lowest BCUT2D eigenvalue weighted by atomic mass is 10.0. The van der Waals surface area contributed by atoms with E-state index in [1.807, 2.05) is 32.9 Å². The molecule has 0 spiro atoms. The summed E-state index contributed by atoms with van der Waals surface area (Å²) in [5.41, 5.74) is 1.09. The molecule has 18 heavy (non-hydrogen) atoms. The molecular weight excluding hydrogens is 228 g/mol. The smallest absolute Gasteiger partial charge is 0.230 e. The summed E-state index contributed by atoms with van der Waals surface area (Å²) in [5.74, 6) is 0.601. The summed E-state index contributed by atoms with van der Waals surface area (Å²) < 4.78 is 5.28. The maximum atomic E-state index is 11.8. The van der Waals surface area contributed by atoms with E-state index in [2.05, 4.69) is 10.3 Å². The van der Waals surface area contributed by atoms with Crippen molar-refractivity contribution in [2.24, 2.45) is 5.92 Å². The normalized spacial score (nSPS) is 18.5. The standard InChI is InChI=1S/C12H16N2O2.C2H6/c1-9-4-5-13-11(7-9)14-12(15)10-3-2-6-16-8-10;1-2/h4-5,7,10H,2-3,6,8H2,1H3,(H,13,14,15);1-2H3. The molecule has 0 aliphatic carbocycles. The van der Waals surface area contributed by atoms with Gasteiger partial charge < -0.3 is 10.1 Å². The Morgan fingerprint density at radius 3 is 2.89 bits per heavy atom. The number of aromatic nitrogens is 1. The molecule has 0 bridgehead atoms. The Bertz CT molecular complexity index is 374. The van der Waals surface area contributed by atoms with Crippen molar-refractivity contribution in [3.63, 3.8) is 0 Å². The van der Waals surface area contributed by atoms with Gasteiger partial charge in [0.1, 0.15) is 5.82 Å². The summed E-state index contributed by atoms with van der Waals surface area (Å²) in [6, 6.07) is 3.76. The van der Waals surface area contributed by atoms with E-state index in [9.17, 15) is 4.79 Å². The van der Waals surface area contributed by atoms with Crippen LogP contribution in [-0.4, -0.2) is 24.1 Å². The van der Waals surface area contributed by atoms with Gasteiger partial charge in [-0.05, 0) is 37.5 Å². The number of hydrogen-bond donors (Lipinski definition) is 1. The van der Waals surface area contributed by atoms with Gasteiger partial charge in [-0.2, -0.15) is 0 Å². The first-order chi connectivity index (χ1) is 8.75. The van der Waals surface area contributed by atoms with Crippen molar-refractivity contribution < 1.29 is 9.53 Å². The molecule has 1 amide bonds. The molecular formula is C14H22N2O2. The molecule has 1 saturated heterocycles. The Morgan fingerprint density at radius 1 is 1.50 bits per heavy atom. The maximum Gasteiger partial charge on any atom is 0.230 e. The van der Waals surface area contributed by atoms with E-state index >= 15 is 0 Å². The molecule has 1 aromatic rings. The predicted molar refractivity (Wildman–Crippen MR) is 72.5 cm³/mol. The SMILES string of the molecule is CC.Cc1ccnc(NC(=O)C2CCCOC2)c1. The van der Waals surface area contributed by atoms with Crippen molar-refractivity contribution in [3.05, 3.63) is 23.9 Å². The number of aryl methyl sites for hydroxylation is 1. The first-order valence-electron chi connectivity index (χ1n) is 6.57. The van der Waals surface area contributed by atoms with E-state index in [1.165, 1.54) is 0 Å². The zero-order chi connectivity index (χ0) is 13.4. The number of hydrogen-bond acceptors (Lipinski definition) is 3. The molecule has 100 valence electrons. The highest BCUT2D eigenvalue weighted by molar-refractivity contribution is 5.91. The number of ether oxygens (including phenoxy) is 1. The number of anilines is 1. The quantitative estimate of drug-likeness (QED) is 0.878. The maximum absolute atomic E-state index is 11.8. The molecule has 1 fully saturated rings. The highest BCUT2D eigenvalue weighted by atomic mass is 16.5. The Labute approximate surface area is 109 Å². The van der Waals surface area contributed by atoms with Crippen molar-refractivity contribution in [3.8, 4) is 0 Å². The number of carbonyl (C=O) groups excluding carboxylic acids is 1. The summed E-state index contributed by atoms with van der Waals surface area (Å²) in [6.07, 6.45) is 3.55. The van der Waals surface area contributed by atoms with Crippen LogP contribution < -0.4 is 5.32 Å². The molecule has 4 heteroatoms. The van der Waals surface area contributed by atoms with Gasteiger partial charge in [0.25, 0.3) is 0 Å². The number of nitrogens with one attached hydrogen (secondary N) is 1. The molecule has 0 aromatic carbocycles. The van der Waals surface area contributed by atoms with Crippen LogP contribution in [0.4, 0.5) is 5.82 Å². The minimum Gasteiger partial charge on any atom is -0.381 e. The van der Waals surface area contributed by atoms with E-state index in [-0.39, 0.29) is 11.8 Å². The Morgan fingerprint density at radius 2 is 2.28 bits per heavy atom. The Kier molecular flexibility index (Phi) is 6.36. The average molecular weight is 250 g/mol. The van der Waals surface area contributed by atoms with Crippen LogP contribution in [0.3, 0.4) is 0 Å². The minimum absolute atomic E-state index is 0.0119. The lowest BCUT2D eigenvalue weighted by Gasteiger charge is -2.20. The monoisotopic (exact) mass is 250 g/mol. The topological polar surface area (TPSA) is 51.2 Å². The first-order valence-corrected chi connectivity index (χ1v) is 6.57. The summed E-state index contributed by atoms with van der Waals surface area (Å²) >= 11 is 0. The van der Waals surface area contributed by atoms with Gasteiger partial charge in [-0.15, -0.1) is 0 Å². The van der Waals surface area contributed by atoms with Gasteiger partial charge in [0.05, 0.1) is 12.5 Å². The molecule has 0 radical (unpaired) electrons. The molecule has 1 aliphatic heterocycles. The second-order valence-electron chi connectivity index (χ2n) is 4.12. The van der Waals surface area contributed by atoms with E-state index in [4.69, 9.17) is 4.74 Å². The van der Waals surface area contributed by atoms with Crippen LogP contribution in [0.25, 0.3) is 0 Å². The van der Waals surface area contributed by atoms with Crippen LogP contribution in [0.2, 0.25) is 0 Å². The highest BCUT2D eigenvalue weighted by Gasteiger charge is 2.21. The van der Waals surface area contributed by atoms with Gasteiger partial charge in [0, 0.05) is 12.8 Å². The van der Waals surface area contributed by atoms with Gasteiger partial charge in [-0.1, -0.05) is 13.8 Å². The van der Waals surface area contributed by atoms with Gasteiger partial charge in [-0.25, -0.2) is 4.98 Å². The largest absolute Gasteiger partial charge is 0.381 e. The molecule has 1 unspecified atom stereocenters. The van der Waals surface area contributed by atoms with Crippen LogP contribution >= 0.6 is 0 Å². The van der Waals surface area contributed by atoms with Gasteiger partial charge in [-0.3, -0.25) is 4.79 Å². The highest BCUT2D eigenvalue weighted by Crippen LogP contribution is 2.15. The number of rotatable bonds is 2. The first kappa shape index (κ1) is 14.6. The molecule has 1 N–H and O–H groups in total. The van der Waals surface area contributed by atoms with E-state index in [0.29, 0.717) is 12.4 Å². The van der Waals surface area contributed by atoms with Gasteiger partial charge in [0.15, 0.2) is 0 Å². The van der Waals surface area contributed by atoms with Crippen LogP contribution in [-0.2, 0) is 9.53 Å². The summed E-state index contributed by atoms with van der Waals surface area (Å²) in [4.78, 5) is 15.9. The Balaban J connectivity index is 0.000000771. The van der Waals surface area contributed by atoms with Crippen molar-refractivity contribution >= 4 is 11.7 Å². The second-order valence-corrected chi connectivity index (χ2v) is 4.12. The molecule has 2 heterocycles. The van der Waals surface area contributed by atoms with Crippen molar-refractivity contribution in [2.45, 2.75) is 33.6 Å². The third kappa shape index (κ3) is 4.45.